The summed E-state index contributed by atoms with van der Waals surface area (Å²) in [6, 6.07) is 18.3. The fourth-order valence-electron chi connectivity index (χ4n) is 3.95. The van der Waals surface area contributed by atoms with E-state index < -0.39 is 0 Å². The molecule has 0 bridgehead atoms. The van der Waals surface area contributed by atoms with Gasteiger partial charge in [-0.05, 0) is 48.8 Å². The molecule has 5 heteroatoms. The highest BCUT2D eigenvalue weighted by molar-refractivity contribution is 7.99. The van der Waals surface area contributed by atoms with Crippen LogP contribution in [-0.2, 0) is 6.54 Å². The van der Waals surface area contributed by atoms with Crippen molar-refractivity contribution >= 4 is 17.7 Å². The normalized spacial score (nSPS) is 20.8. The van der Waals surface area contributed by atoms with Gasteiger partial charge in [-0.15, -0.1) is 0 Å². The minimum atomic E-state index is -0.0668. The highest BCUT2D eigenvalue weighted by Crippen LogP contribution is 2.26. The molecule has 0 saturated carbocycles. The van der Waals surface area contributed by atoms with Crippen LogP contribution in [0, 0.1) is 0 Å². The lowest BCUT2D eigenvalue weighted by molar-refractivity contribution is 0.0813. The summed E-state index contributed by atoms with van der Waals surface area (Å²) in [4.78, 5) is 15.1. The molecule has 0 radical (unpaired) electrons. The summed E-state index contributed by atoms with van der Waals surface area (Å²) in [5.41, 5.74) is 1.74. The van der Waals surface area contributed by atoms with E-state index in [9.17, 15) is 4.79 Å². The number of nitrogens with zero attached hydrogens (tertiary/aromatic N) is 1. The van der Waals surface area contributed by atoms with Gasteiger partial charge in [0.25, 0.3) is 5.91 Å². The molecule has 0 spiro atoms. The number of hydrogen-bond acceptors (Lipinski definition) is 4. The number of benzene rings is 2. The molecule has 2 aliphatic rings. The van der Waals surface area contributed by atoms with Crippen molar-refractivity contribution in [2.24, 2.45) is 0 Å². The molecule has 2 aromatic rings. The summed E-state index contributed by atoms with van der Waals surface area (Å²) in [6.07, 6.45) is 3.70. The van der Waals surface area contributed by atoms with E-state index in [0.717, 1.165) is 43.3 Å². The molecule has 1 atom stereocenters. The second-order valence-corrected chi connectivity index (χ2v) is 8.72. The third kappa shape index (κ3) is 5.09. The summed E-state index contributed by atoms with van der Waals surface area (Å²) in [6.45, 7) is 2.77. The standard InChI is InChI=1S/C23H28N2O2S/c26-23(24-16-18-5-2-1-3-6-18)19-7-4-8-22(15-19)27-21-9-12-25(13-10-21)20-11-14-28-17-20/h1-8,15,20-21H,9-14,16-17H2,(H,24,26). The van der Waals surface area contributed by atoms with Gasteiger partial charge in [0.05, 0.1) is 0 Å². The van der Waals surface area contributed by atoms with E-state index in [4.69, 9.17) is 4.74 Å². The first-order chi connectivity index (χ1) is 13.8. The van der Waals surface area contributed by atoms with Crippen LogP contribution in [0.2, 0.25) is 0 Å². The monoisotopic (exact) mass is 396 g/mol. The Kier molecular flexibility index (Phi) is 6.55. The van der Waals surface area contributed by atoms with Gasteiger partial charge in [-0.3, -0.25) is 9.69 Å². The van der Waals surface area contributed by atoms with Gasteiger partial charge in [0.1, 0.15) is 11.9 Å². The fourth-order valence-corrected chi connectivity index (χ4v) is 5.21. The molecule has 2 saturated heterocycles. The molecule has 4 rings (SSSR count). The highest BCUT2D eigenvalue weighted by atomic mass is 32.2. The van der Waals surface area contributed by atoms with Gasteiger partial charge in [-0.1, -0.05) is 36.4 Å². The quantitative estimate of drug-likeness (QED) is 0.802. The van der Waals surface area contributed by atoms with Gasteiger partial charge in [-0.2, -0.15) is 11.8 Å². The molecule has 2 heterocycles. The number of thioether (sulfide) groups is 1. The van der Waals surface area contributed by atoms with E-state index in [-0.39, 0.29) is 12.0 Å². The van der Waals surface area contributed by atoms with Crippen molar-refractivity contribution in [3.05, 3.63) is 65.7 Å². The van der Waals surface area contributed by atoms with E-state index >= 15 is 0 Å². The molecule has 0 aromatic heterocycles. The molecule has 2 aliphatic heterocycles. The van der Waals surface area contributed by atoms with Crippen molar-refractivity contribution in [1.82, 2.24) is 10.2 Å². The number of hydrogen-bond donors (Lipinski definition) is 1. The first-order valence-electron chi connectivity index (χ1n) is 10.2. The first kappa shape index (κ1) is 19.3. The van der Waals surface area contributed by atoms with Crippen LogP contribution < -0.4 is 10.1 Å². The van der Waals surface area contributed by atoms with Crippen LogP contribution in [0.3, 0.4) is 0 Å². The van der Waals surface area contributed by atoms with E-state index in [1.165, 1.54) is 17.9 Å². The van der Waals surface area contributed by atoms with E-state index in [2.05, 4.69) is 22.0 Å². The van der Waals surface area contributed by atoms with Gasteiger partial charge < -0.3 is 10.1 Å². The Bertz CT molecular complexity index is 769. The zero-order valence-corrected chi connectivity index (χ0v) is 17.0. The molecule has 148 valence electrons. The molecular weight excluding hydrogens is 368 g/mol. The number of amides is 1. The van der Waals surface area contributed by atoms with Crippen molar-refractivity contribution < 1.29 is 9.53 Å². The number of carbonyl (C=O) groups is 1. The number of rotatable bonds is 6. The molecule has 2 fully saturated rings. The average molecular weight is 397 g/mol. The Morgan fingerprint density at radius 2 is 1.89 bits per heavy atom. The van der Waals surface area contributed by atoms with E-state index in [1.54, 1.807) is 0 Å². The maximum Gasteiger partial charge on any atom is 0.251 e. The van der Waals surface area contributed by atoms with Gasteiger partial charge in [0.2, 0.25) is 0 Å². The Morgan fingerprint density at radius 3 is 2.64 bits per heavy atom. The predicted molar refractivity (Wildman–Crippen MR) is 115 cm³/mol. The molecule has 1 unspecified atom stereocenters. The Balaban J connectivity index is 1.28. The third-order valence-corrected chi connectivity index (χ3v) is 6.74. The maximum atomic E-state index is 12.5. The zero-order chi connectivity index (χ0) is 19.2. The summed E-state index contributed by atoms with van der Waals surface area (Å²) in [5.74, 6) is 3.32. The van der Waals surface area contributed by atoms with Gasteiger partial charge in [-0.25, -0.2) is 0 Å². The summed E-state index contributed by atoms with van der Waals surface area (Å²) in [5, 5.41) is 2.98. The van der Waals surface area contributed by atoms with Crippen LogP contribution >= 0.6 is 11.8 Å². The van der Waals surface area contributed by atoms with Gasteiger partial charge in [0.15, 0.2) is 0 Å². The summed E-state index contributed by atoms with van der Waals surface area (Å²) in [7, 11) is 0. The number of likely N-dealkylation sites (tertiary alicyclic amines) is 1. The molecular formula is C23H28N2O2S. The Labute approximate surface area is 171 Å². The fraction of sp³-hybridized carbons (Fsp3) is 0.435. The number of carbonyl (C=O) groups excluding carboxylic acids is 1. The van der Waals surface area contributed by atoms with Crippen molar-refractivity contribution in [1.29, 1.82) is 0 Å². The van der Waals surface area contributed by atoms with Crippen LogP contribution in [0.4, 0.5) is 0 Å². The second kappa shape index (κ2) is 9.48. The zero-order valence-electron chi connectivity index (χ0n) is 16.2. The summed E-state index contributed by atoms with van der Waals surface area (Å²) >= 11 is 2.08. The van der Waals surface area contributed by atoms with Gasteiger partial charge in [0, 0.05) is 37.0 Å². The molecule has 4 nitrogen and oxygen atoms in total. The summed E-state index contributed by atoms with van der Waals surface area (Å²) < 4.78 is 6.21. The number of piperidine rings is 1. The van der Waals surface area contributed by atoms with Crippen molar-refractivity contribution in [2.75, 3.05) is 24.6 Å². The van der Waals surface area contributed by atoms with Gasteiger partial charge >= 0.3 is 0 Å². The SMILES string of the molecule is O=C(NCc1ccccc1)c1cccc(OC2CCN(C3CCSC3)CC2)c1. The number of nitrogens with one attached hydrogen (secondary N) is 1. The van der Waals surface area contributed by atoms with E-state index in [1.807, 2.05) is 54.6 Å². The van der Waals surface area contributed by atoms with Crippen LogP contribution in [0.25, 0.3) is 0 Å². The topological polar surface area (TPSA) is 41.6 Å². The molecule has 1 amide bonds. The second-order valence-electron chi connectivity index (χ2n) is 7.57. The lowest BCUT2D eigenvalue weighted by atomic mass is 10.0. The van der Waals surface area contributed by atoms with Crippen LogP contribution in [0.5, 0.6) is 5.75 Å². The van der Waals surface area contributed by atoms with E-state index in [0.29, 0.717) is 12.1 Å². The largest absolute Gasteiger partial charge is 0.490 e. The number of ether oxygens (including phenoxy) is 1. The average Bonchev–Trinajstić information content (AvgIpc) is 3.28. The molecule has 0 aliphatic carbocycles. The minimum absolute atomic E-state index is 0.0668. The molecule has 2 aromatic carbocycles. The lowest BCUT2D eigenvalue weighted by Gasteiger charge is -2.35. The molecule has 1 N–H and O–H groups in total. The predicted octanol–water partition coefficient (Wildman–Crippen LogP) is 3.97. The minimum Gasteiger partial charge on any atom is -0.490 e. The van der Waals surface area contributed by atoms with Crippen molar-refractivity contribution in [3.8, 4) is 5.75 Å². The van der Waals surface area contributed by atoms with Crippen LogP contribution in [0.1, 0.15) is 35.2 Å². The lowest BCUT2D eigenvalue weighted by Crippen LogP contribution is -2.44. The smallest absolute Gasteiger partial charge is 0.251 e. The highest BCUT2D eigenvalue weighted by Gasteiger charge is 2.28. The van der Waals surface area contributed by atoms with Crippen molar-refractivity contribution in [3.63, 3.8) is 0 Å². The van der Waals surface area contributed by atoms with Crippen molar-refractivity contribution in [2.45, 2.75) is 38.0 Å². The molecule has 28 heavy (non-hydrogen) atoms. The third-order valence-electron chi connectivity index (χ3n) is 5.59. The Morgan fingerprint density at radius 1 is 1.07 bits per heavy atom. The maximum absolute atomic E-state index is 12.5. The Hall–Kier alpha value is -1.98. The van der Waals surface area contributed by atoms with Crippen LogP contribution in [0.15, 0.2) is 54.6 Å². The first-order valence-corrected chi connectivity index (χ1v) is 11.3. The van der Waals surface area contributed by atoms with Crippen LogP contribution in [-0.4, -0.2) is 47.5 Å².